The molecule has 1 N–H and O–H groups in total. The zero-order chi connectivity index (χ0) is 20.8. The molecule has 0 aliphatic heterocycles. The molecule has 0 atom stereocenters. The first-order valence-electron chi connectivity index (χ1n) is 8.85. The zero-order valence-corrected chi connectivity index (χ0v) is 18.0. The SMILES string of the molecule is COCCn1c(SCC(=O)Nc2cc(OC)c(Cl)cc2OC)nc2ccccc21. The van der Waals surface area contributed by atoms with Crippen molar-refractivity contribution in [3.05, 3.63) is 41.4 Å². The Bertz CT molecular complexity index is 1010. The maximum atomic E-state index is 12.6. The molecule has 1 aromatic heterocycles. The molecule has 2 aromatic carbocycles. The normalized spacial score (nSPS) is 10.9. The third kappa shape index (κ3) is 4.95. The molecular formula is C20H22ClN3O4S. The summed E-state index contributed by atoms with van der Waals surface area (Å²) in [7, 11) is 4.69. The number of halogens is 1. The zero-order valence-electron chi connectivity index (χ0n) is 16.4. The summed E-state index contributed by atoms with van der Waals surface area (Å²) in [6.45, 7) is 1.21. The molecule has 1 heterocycles. The first-order chi connectivity index (χ1) is 14.1. The number of benzene rings is 2. The number of imidazole rings is 1. The summed E-state index contributed by atoms with van der Waals surface area (Å²) in [5, 5.41) is 4.01. The molecule has 0 fully saturated rings. The van der Waals surface area contributed by atoms with Crippen LogP contribution in [0.5, 0.6) is 11.5 Å². The predicted molar refractivity (Wildman–Crippen MR) is 116 cm³/mol. The first-order valence-corrected chi connectivity index (χ1v) is 10.2. The van der Waals surface area contributed by atoms with Gasteiger partial charge in [-0.1, -0.05) is 35.5 Å². The van der Waals surface area contributed by atoms with E-state index in [1.165, 1.54) is 26.0 Å². The number of carbonyl (C=O) groups is 1. The number of amides is 1. The van der Waals surface area contributed by atoms with Crippen molar-refractivity contribution < 1.29 is 19.0 Å². The summed E-state index contributed by atoms with van der Waals surface area (Å²) < 4.78 is 17.8. The quantitative estimate of drug-likeness (QED) is 0.510. The van der Waals surface area contributed by atoms with Crippen LogP contribution in [0.1, 0.15) is 0 Å². The van der Waals surface area contributed by atoms with Gasteiger partial charge in [-0.3, -0.25) is 4.79 Å². The minimum absolute atomic E-state index is 0.185. The van der Waals surface area contributed by atoms with Gasteiger partial charge in [-0.25, -0.2) is 4.98 Å². The van der Waals surface area contributed by atoms with Gasteiger partial charge >= 0.3 is 0 Å². The number of methoxy groups -OCH3 is 3. The van der Waals surface area contributed by atoms with Gasteiger partial charge in [0.05, 0.1) is 48.3 Å². The van der Waals surface area contributed by atoms with Crippen LogP contribution in [0.25, 0.3) is 11.0 Å². The van der Waals surface area contributed by atoms with E-state index in [-0.39, 0.29) is 11.7 Å². The van der Waals surface area contributed by atoms with Gasteiger partial charge in [0, 0.05) is 25.8 Å². The molecular weight excluding hydrogens is 414 g/mol. The summed E-state index contributed by atoms with van der Waals surface area (Å²) in [4.78, 5) is 17.2. The lowest BCUT2D eigenvalue weighted by atomic mass is 10.2. The molecule has 0 aliphatic rings. The minimum Gasteiger partial charge on any atom is -0.495 e. The molecule has 0 saturated heterocycles. The fraction of sp³-hybridized carbons (Fsp3) is 0.300. The average Bonchev–Trinajstić information content (AvgIpc) is 3.09. The molecule has 7 nitrogen and oxygen atoms in total. The second-order valence-corrected chi connectivity index (χ2v) is 7.40. The highest BCUT2D eigenvalue weighted by atomic mass is 35.5. The van der Waals surface area contributed by atoms with E-state index in [0.717, 1.165) is 16.2 Å². The molecule has 0 unspecified atom stereocenters. The summed E-state index contributed by atoms with van der Waals surface area (Å²) >= 11 is 7.48. The Hall–Kier alpha value is -2.42. The lowest BCUT2D eigenvalue weighted by molar-refractivity contribution is -0.113. The van der Waals surface area contributed by atoms with Crippen molar-refractivity contribution in [2.45, 2.75) is 11.7 Å². The van der Waals surface area contributed by atoms with E-state index in [9.17, 15) is 4.79 Å². The van der Waals surface area contributed by atoms with Gasteiger partial charge < -0.3 is 24.1 Å². The molecule has 9 heteroatoms. The molecule has 154 valence electrons. The number of fused-ring (bicyclic) bond motifs is 1. The van der Waals surface area contributed by atoms with Gasteiger partial charge in [-0.2, -0.15) is 0 Å². The van der Waals surface area contributed by atoms with E-state index < -0.39 is 0 Å². The number of nitrogens with zero attached hydrogens (tertiary/aromatic N) is 2. The van der Waals surface area contributed by atoms with Gasteiger partial charge in [0.15, 0.2) is 5.16 Å². The number of carbonyl (C=O) groups excluding carboxylic acids is 1. The Morgan fingerprint density at radius 3 is 2.66 bits per heavy atom. The lowest BCUT2D eigenvalue weighted by Gasteiger charge is -2.13. The second-order valence-electron chi connectivity index (χ2n) is 6.05. The number of hydrogen-bond donors (Lipinski definition) is 1. The van der Waals surface area contributed by atoms with Crippen LogP contribution in [-0.4, -0.2) is 49.1 Å². The summed E-state index contributed by atoms with van der Waals surface area (Å²) in [6.07, 6.45) is 0. The van der Waals surface area contributed by atoms with Crippen LogP contribution < -0.4 is 14.8 Å². The van der Waals surface area contributed by atoms with Crippen molar-refractivity contribution >= 4 is 46.0 Å². The number of anilines is 1. The highest BCUT2D eigenvalue weighted by Crippen LogP contribution is 2.36. The second kappa shape index (κ2) is 9.87. The Balaban J connectivity index is 1.74. The van der Waals surface area contributed by atoms with E-state index in [4.69, 9.17) is 25.8 Å². The number of para-hydroxylation sites is 2. The van der Waals surface area contributed by atoms with Crippen molar-refractivity contribution in [3.63, 3.8) is 0 Å². The molecule has 0 aliphatic carbocycles. The van der Waals surface area contributed by atoms with E-state index >= 15 is 0 Å². The number of ether oxygens (including phenoxy) is 3. The highest BCUT2D eigenvalue weighted by molar-refractivity contribution is 7.99. The average molecular weight is 436 g/mol. The Kier molecular flexibility index (Phi) is 7.24. The molecule has 0 spiro atoms. The fourth-order valence-electron chi connectivity index (χ4n) is 2.84. The van der Waals surface area contributed by atoms with Crippen LogP contribution in [0.4, 0.5) is 5.69 Å². The first kappa shape index (κ1) is 21.3. The smallest absolute Gasteiger partial charge is 0.234 e. The molecule has 0 bridgehead atoms. The summed E-state index contributed by atoms with van der Waals surface area (Å²) in [5.41, 5.74) is 2.39. The Labute approximate surface area is 178 Å². The molecule has 29 heavy (non-hydrogen) atoms. The van der Waals surface area contributed by atoms with E-state index in [1.54, 1.807) is 19.2 Å². The number of hydrogen-bond acceptors (Lipinski definition) is 6. The van der Waals surface area contributed by atoms with Crippen molar-refractivity contribution in [3.8, 4) is 11.5 Å². The minimum atomic E-state index is -0.192. The van der Waals surface area contributed by atoms with Crippen LogP contribution >= 0.6 is 23.4 Å². The third-order valence-electron chi connectivity index (χ3n) is 4.22. The number of thioether (sulfide) groups is 1. The van der Waals surface area contributed by atoms with Crippen molar-refractivity contribution in [1.29, 1.82) is 0 Å². The maximum absolute atomic E-state index is 12.6. The molecule has 3 aromatic rings. The highest BCUT2D eigenvalue weighted by Gasteiger charge is 2.15. The predicted octanol–water partition coefficient (Wildman–Crippen LogP) is 4.08. The van der Waals surface area contributed by atoms with E-state index in [1.807, 2.05) is 24.3 Å². The van der Waals surface area contributed by atoms with Gasteiger partial charge in [-0.05, 0) is 12.1 Å². The third-order valence-corrected chi connectivity index (χ3v) is 5.49. The molecule has 0 saturated carbocycles. The maximum Gasteiger partial charge on any atom is 0.234 e. The topological polar surface area (TPSA) is 74.6 Å². The summed E-state index contributed by atoms with van der Waals surface area (Å²) in [5.74, 6) is 0.908. The Morgan fingerprint density at radius 1 is 1.17 bits per heavy atom. The van der Waals surface area contributed by atoms with Crippen LogP contribution in [0, 0.1) is 0 Å². The summed E-state index contributed by atoms with van der Waals surface area (Å²) in [6, 6.07) is 11.1. The number of nitrogens with one attached hydrogen (secondary N) is 1. The molecule has 1 amide bonds. The fourth-order valence-corrected chi connectivity index (χ4v) is 3.91. The number of rotatable bonds is 9. The van der Waals surface area contributed by atoms with Crippen molar-refractivity contribution in [2.75, 3.05) is 39.0 Å². The monoisotopic (exact) mass is 435 g/mol. The van der Waals surface area contributed by atoms with Crippen LogP contribution in [0.3, 0.4) is 0 Å². The van der Waals surface area contributed by atoms with Crippen LogP contribution in [0.2, 0.25) is 5.02 Å². The largest absolute Gasteiger partial charge is 0.495 e. The van der Waals surface area contributed by atoms with Crippen LogP contribution in [-0.2, 0) is 16.1 Å². The number of aromatic nitrogens is 2. The van der Waals surface area contributed by atoms with Crippen molar-refractivity contribution in [1.82, 2.24) is 9.55 Å². The van der Waals surface area contributed by atoms with Crippen LogP contribution in [0.15, 0.2) is 41.6 Å². The standard InChI is InChI=1S/C20H22ClN3O4S/c1-26-9-8-24-16-7-5-4-6-14(16)23-20(24)29-12-19(25)22-15-11-17(27-2)13(21)10-18(15)28-3/h4-7,10-11H,8-9,12H2,1-3H3,(H,22,25). The lowest BCUT2D eigenvalue weighted by Crippen LogP contribution is -2.15. The van der Waals surface area contributed by atoms with Gasteiger partial charge in [-0.15, -0.1) is 0 Å². The molecule has 3 rings (SSSR count). The molecule has 0 radical (unpaired) electrons. The van der Waals surface area contributed by atoms with E-state index in [2.05, 4.69) is 14.9 Å². The van der Waals surface area contributed by atoms with Crippen molar-refractivity contribution in [2.24, 2.45) is 0 Å². The van der Waals surface area contributed by atoms with Gasteiger partial charge in [0.1, 0.15) is 11.5 Å². The van der Waals surface area contributed by atoms with E-state index in [0.29, 0.717) is 35.4 Å². The van der Waals surface area contributed by atoms with Gasteiger partial charge in [0.2, 0.25) is 5.91 Å². The Morgan fingerprint density at radius 2 is 1.93 bits per heavy atom. The van der Waals surface area contributed by atoms with Gasteiger partial charge in [0.25, 0.3) is 0 Å².